The average Bonchev–Trinajstić information content (AvgIpc) is 1.57. The fourth-order valence-corrected chi connectivity index (χ4v) is 11.7. The zero-order chi connectivity index (χ0) is 71.2. The quantitative estimate of drug-likeness (QED) is 0.0163. The van der Waals surface area contributed by atoms with Gasteiger partial charge in [-0.05, 0) is 111 Å². The van der Waals surface area contributed by atoms with Crippen LogP contribution in [0.1, 0.15) is 93.8 Å². The second kappa shape index (κ2) is 35.3. The van der Waals surface area contributed by atoms with E-state index in [1.54, 1.807) is 125 Å². The lowest BCUT2D eigenvalue weighted by atomic mass is 9.80. The van der Waals surface area contributed by atoms with E-state index in [4.69, 9.17) is 0 Å². The van der Waals surface area contributed by atoms with Gasteiger partial charge in [0.1, 0.15) is 0 Å². The Hall–Kier alpha value is -11.3. The molecule has 30 heteroatoms. The minimum Gasteiger partial charge on any atom is -0.423 e. The van der Waals surface area contributed by atoms with Gasteiger partial charge in [0.15, 0.2) is 0 Å². The van der Waals surface area contributed by atoms with Crippen molar-refractivity contribution in [3.05, 3.63) is 180 Å². The lowest BCUT2D eigenvalue weighted by molar-refractivity contribution is -0.130. The molecule has 0 saturated carbocycles. The van der Waals surface area contributed by atoms with Gasteiger partial charge in [0.2, 0.25) is 0 Å². The van der Waals surface area contributed by atoms with Crippen LogP contribution in [-0.2, 0) is 9.59 Å². The molecule has 0 radical (unpaired) electrons. The van der Waals surface area contributed by atoms with Gasteiger partial charge in [-0.15, -0.1) is 0 Å². The highest BCUT2D eigenvalue weighted by molar-refractivity contribution is 6.59. The van der Waals surface area contributed by atoms with Gasteiger partial charge in [-0.2, -0.15) is 0 Å². The number of aromatic amines is 2. The third-order valence-electron chi connectivity index (χ3n) is 16.9. The fraction of sp³-hybridized carbons (Fsp3) is 0.286. The van der Waals surface area contributed by atoms with E-state index >= 15 is 0 Å². The smallest absolute Gasteiger partial charge is 0.423 e. The van der Waals surface area contributed by atoms with Crippen molar-refractivity contribution in [3.63, 3.8) is 0 Å². The maximum Gasteiger partial charge on any atom is 0.488 e. The molecule has 2 aromatic heterocycles. The summed E-state index contributed by atoms with van der Waals surface area (Å²) in [5, 5.41) is 60.0. The molecule has 0 aliphatic carbocycles. The van der Waals surface area contributed by atoms with Gasteiger partial charge in [0, 0.05) is 123 Å². The minimum atomic E-state index is -1.63. The van der Waals surface area contributed by atoms with E-state index in [2.05, 4.69) is 52.5 Å². The normalized spacial score (nSPS) is 14.2. The van der Waals surface area contributed by atoms with E-state index in [1.807, 2.05) is 26.0 Å². The number of rotatable bonds is 24. The van der Waals surface area contributed by atoms with Crippen molar-refractivity contribution < 1.29 is 68.0 Å². The molecule has 28 nitrogen and oxygen atoms in total. The monoisotopic (exact) mass is 1360 g/mol. The van der Waals surface area contributed by atoms with E-state index in [0.717, 1.165) is 25.7 Å². The van der Waals surface area contributed by atoms with Crippen molar-refractivity contribution in [2.75, 3.05) is 86.7 Å². The Morgan fingerprint density at radius 1 is 0.420 bits per heavy atom. The lowest BCUT2D eigenvalue weighted by Crippen LogP contribution is -2.56. The highest BCUT2D eigenvalue weighted by Crippen LogP contribution is 2.29. The van der Waals surface area contributed by atoms with Crippen molar-refractivity contribution in [1.29, 1.82) is 0 Å². The van der Waals surface area contributed by atoms with Crippen LogP contribution >= 0.6 is 0 Å². The van der Waals surface area contributed by atoms with Crippen molar-refractivity contribution in [2.45, 2.75) is 64.5 Å². The summed E-state index contributed by atoms with van der Waals surface area (Å²) in [7, 11) is -3.25. The second-order valence-electron chi connectivity index (χ2n) is 24.1. The molecule has 520 valence electrons. The summed E-state index contributed by atoms with van der Waals surface area (Å²) in [6.45, 7) is 6.96. The highest BCUT2D eigenvalue weighted by atomic mass is 16.4. The maximum absolute atomic E-state index is 13.4. The number of Topliss-reactive ketones (excluding diaryl/α,β-unsaturated/α-hetero) is 2. The summed E-state index contributed by atoms with van der Waals surface area (Å²) in [6, 6.07) is 38.2. The highest BCUT2D eigenvalue weighted by Gasteiger charge is 2.36. The topological polar surface area (TPSA) is 392 Å². The third-order valence-corrected chi connectivity index (χ3v) is 16.9. The Bertz CT molecular complexity index is 4230. The summed E-state index contributed by atoms with van der Waals surface area (Å²) in [5.41, 5.74) is 4.86. The van der Waals surface area contributed by atoms with Crippen LogP contribution in [0.2, 0.25) is 0 Å². The molecule has 10 rings (SSSR count). The van der Waals surface area contributed by atoms with E-state index < -0.39 is 55.7 Å². The average molecular weight is 1360 g/mol. The zero-order valence-corrected chi connectivity index (χ0v) is 55.3. The van der Waals surface area contributed by atoms with Gasteiger partial charge in [0.25, 0.3) is 35.2 Å². The number of benzene rings is 6. The predicted molar refractivity (Wildman–Crippen MR) is 381 cm³/mol. The number of unbranched alkanes of at least 4 members (excludes halogenated alkanes) is 4. The number of ketones is 2. The van der Waals surface area contributed by atoms with E-state index in [-0.39, 0.29) is 65.1 Å². The Morgan fingerprint density at radius 3 is 1.13 bits per heavy atom. The van der Waals surface area contributed by atoms with Crippen LogP contribution in [-0.4, -0.2) is 201 Å². The molecule has 12 amide bonds. The van der Waals surface area contributed by atoms with Crippen LogP contribution in [0.15, 0.2) is 158 Å². The number of nitrogens with zero attached hydrogens (tertiary/aromatic N) is 4. The zero-order valence-electron chi connectivity index (χ0n) is 55.3. The van der Waals surface area contributed by atoms with Crippen molar-refractivity contribution in [1.82, 2.24) is 50.8 Å². The Balaban J connectivity index is 0.000000233. The molecule has 0 unspecified atom stereocenters. The molecule has 100 heavy (non-hydrogen) atoms. The van der Waals surface area contributed by atoms with Crippen LogP contribution in [0.4, 0.5) is 41.9 Å². The number of H-pyrrole nitrogens is 2. The third kappa shape index (κ3) is 19.5. The molecule has 6 aromatic carbocycles. The number of fused-ring (bicyclic) bond motifs is 2. The summed E-state index contributed by atoms with van der Waals surface area (Å²) in [6.07, 6.45) is 7.27. The molecule has 2 saturated heterocycles. The Labute approximate surface area is 576 Å². The van der Waals surface area contributed by atoms with E-state index in [9.17, 15) is 68.0 Å². The fourth-order valence-electron chi connectivity index (χ4n) is 11.7. The number of anilines is 4. The molecule has 2 aliphatic heterocycles. The number of hydrogen-bond acceptors (Lipinski definition) is 14. The number of piperazine rings is 2. The number of amides is 12. The van der Waals surface area contributed by atoms with Gasteiger partial charge < -0.3 is 92.2 Å². The summed E-state index contributed by atoms with van der Waals surface area (Å²) >= 11 is 0. The van der Waals surface area contributed by atoms with Gasteiger partial charge >= 0.3 is 38.4 Å². The largest absolute Gasteiger partial charge is 0.488 e. The number of hydrogen-bond donors (Lipinski definition) is 14. The molecule has 0 spiro atoms. The van der Waals surface area contributed by atoms with Crippen LogP contribution in [0.5, 0.6) is 0 Å². The second-order valence-corrected chi connectivity index (χ2v) is 24.1. The molecule has 4 heterocycles. The molecule has 2 aliphatic rings. The van der Waals surface area contributed by atoms with Gasteiger partial charge in [-0.3, -0.25) is 28.8 Å². The minimum absolute atomic E-state index is 0.111. The van der Waals surface area contributed by atoms with Crippen LogP contribution in [0.3, 0.4) is 0 Å². The molecule has 2 atom stereocenters. The van der Waals surface area contributed by atoms with E-state index in [1.165, 1.54) is 40.4 Å². The van der Waals surface area contributed by atoms with Gasteiger partial charge in [-0.25, -0.2) is 19.2 Å². The van der Waals surface area contributed by atoms with Gasteiger partial charge in [0.05, 0.1) is 33.5 Å². The first-order valence-corrected chi connectivity index (χ1v) is 33.0. The molecular formula is C70H80B2N14O14. The van der Waals surface area contributed by atoms with Crippen LogP contribution < -0.4 is 53.5 Å². The Morgan fingerprint density at radius 2 is 0.770 bits per heavy atom. The van der Waals surface area contributed by atoms with Gasteiger partial charge in [-0.1, -0.05) is 97.8 Å². The van der Waals surface area contributed by atoms with E-state index in [0.29, 0.717) is 121 Å². The maximum atomic E-state index is 13.4. The van der Waals surface area contributed by atoms with Crippen molar-refractivity contribution >= 4 is 129 Å². The van der Waals surface area contributed by atoms with Crippen LogP contribution in [0.25, 0.3) is 21.8 Å². The summed E-state index contributed by atoms with van der Waals surface area (Å²) in [5.74, 6) is -2.87. The summed E-state index contributed by atoms with van der Waals surface area (Å²) in [4.78, 5) is 141. The first kappa shape index (κ1) is 72.9. The number of aromatic nitrogens is 2. The number of para-hydroxylation sites is 2. The number of carbonyl (C=O) groups excluding carboxylic acids is 10. The first-order valence-electron chi connectivity index (χ1n) is 33.0. The standard InChI is InChI=1S/C36H42BN7O7.C34H38BN7O7/c1-24-23-43(33(46)25-11-5-4-6-12-25)19-20-44(24)34(47)32(45)29-22-40-31-28(29)15-10-16-30(31)42-36(49)39-18-8-3-2-7-17-38-35(48)41-27-14-9-13-26(21-27)37(50)51;1-22-21-41(31(44)23-9-3-2-4-10-23)17-18-42(22)32(45)30(43)27-20-38-29-26(27)13-8-14-28(29)40-34(47)37-16-6-5-15-36-33(46)39-25-12-7-11-24(19-25)35(48)49/h4-6,9-16,21-22,24,40,50-51H,2-3,7-8,17-20,23H2,1H3,(H2,38,41,48)(H2,39,42,49);2-4,7-14,19-20,22,38,48-49H,5-6,15-18,21H2,1H3,(H2,36,39,46)(H2,37,40,47)/t24-;22-/m11/s1. The SMILES string of the molecule is C[C@@H]1CN(C(=O)c2ccccc2)CCN1C(=O)C(=O)c1c[nH]c2c(NC(=O)NCCCCCCNC(=O)Nc3cccc(B(O)O)c3)cccc12.C[C@@H]1CN(C(=O)c2ccccc2)CCN1C(=O)C(=O)c1c[nH]c2c(NC(=O)NCCCCNC(=O)Nc3cccc(B(O)O)c3)cccc12. The predicted octanol–water partition coefficient (Wildman–Crippen LogP) is 5.03. The number of carbonyl (C=O) groups is 10. The van der Waals surface area contributed by atoms with Crippen molar-refractivity contribution in [2.24, 2.45) is 0 Å². The molecule has 0 bridgehead atoms. The molecule has 2 fully saturated rings. The van der Waals surface area contributed by atoms with Crippen LogP contribution in [0, 0.1) is 0 Å². The molecular weight excluding hydrogens is 1280 g/mol. The number of urea groups is 4. The molecule has 8 aromatic rings. The first-order chi connectivity index (χ1) is 48.2. The number of nitrogens with one attached hydrogen (secondary N) is 10. The Kier molecular flexibility index (Phi) is 25.7. The summed E-state index contributed by atoms with van der Waals surface area (Å²) < 4.78 is 0. The van der Waals surface area contributed by atoms with Crippen molar-refractivity contribution in [3.8, 4) is 0 Å². The lowest BCUT2D eigenvalue weighted by Gasteiger charge is -2.39. The molecule has 14 N–H and O–H groups in total.